The van der Waals surface area contributed by atoms with Crippen molar-refractivity contribution >= 4 is 9.84 Å². The number of hydrogen-bond acceptors (Lipinski definition) is 4. The van der Waals surface area contributed by atoms with Gasteiger partial charge in [-0.3, -0.25) is 0 Å². The summed E-state index contributed by atoms with van der Waals surface area (Å²) in [5.74, 6) is 0.141. The summed E-state index contributed by atoms with van der Waals surface area (Å²) in [5, 5.41) is 3.20. The Morgan fingerprint density at radius 2 is 2.25 bits per heavy atom. The Hall–Kier alpha value is -0.880. The van der Waals surface area contributed by atoms with Gasteiger partial charge in [0.05, 0.1) is 17.8 Å². The van der Waals surface area contributed by atoms with Crippen molar-refractivity contribution in [1.82, 2.24) is 14.9 Å². The highest BCUT2D eigenvalue weighted by atomic mass is 32.2. The van der Waals surface area contributed by atoms with Gasteiger partial charge in [0, 0.05) is 25.0 Å². The zero-order valence-electron chi connectivity index (χ0n) is 9.97. The Morgan fingerprint density at radius 1 is 1.56 bits per heavy atom. The van der Waals surface area contributed by atoms with E-state index in [4.69, 9.17) is 0 Å². The van der Waals surface area contributed by atoms with Crippen molar-refractivity contribution in [3.8, 4) is 0 Å². The molecule has 0 aromatic carbocycles. The second kappa shape index (κ2) is 5.45. The van der Waals surface area contributed by atoms with Crippen LogP contribution in [0, 0.1) is 0 Å². The van der Waals surface area contributed by atoms with Gasteiger partial charge in [0.15, 0.2) is 0 Å². The van der Waals surface area contributed by atoms with Crippen LogP contribution in [0.1, 0.15) is 25.6 Å². The van der Waals surface area contributed by atoms with Crippen LogP contribution >= 0.6 is 0 Å². The minimum atomic E-state index is -2.96. The van der Waals surface area contributed by atoms with Crippen LogP contribution in [0.4, 0.5) is 0 Å². The molecule has 0 bridgehead atoms. The first-order valence-corrected chi connectivity index (χ1v) is 7.39. The van der Waals surface area contributed by atoms with Gasteiger partial charge >= 0.3 is 0 Å². The number of hydrogen-bond donors (Lipinski definition) is 1. The molecule has 16 heavy (non-hydrogen) atoms. The highest BCUT2D eigenvalue weighted by molar-refractivity contribution is 7.90. The predicted octanol–water partition coefficient (Wildman–Crippen LogP) is 0.598. The van der Waals surface area contributed by atoms with Gasteiger partial charge in [-0.25, -0.2) is 13.4 Å². The van der Waals surface area contributed by atoms with Gasteiger partial charge in [-0.05, 0) is 13.5 Å². The molecule has 0 aliphatic carbocycles. The van der Waals surface area contributed by atoms with E-state index in [0.717, 1.165) is 12.2 Å². The zero-order chi connectivity index (χ0) is 12.2. The van der Waals surface area contributed by atoms with E-state index in [1.807, 2.05) is 18.4 Å². The largest absolute Gasteiger partial charge is 0.330 e. The second-order valence-electron chi connectivity index (χ2n) is 4.01. The van der Waals surface area contributed by atoms with Gasteiger partial charge in [-0.15, -0.1) is 0 Å². The van der Waals surface area contributed by atoms with Crippen molar-refractivity contribution in [3.05, 3.63) is 18.2 Å². The monoisotopic (exact) mass is 245 g/mol. The second-order valence-corrected chi connectivity index (χ2v) is 6.20. The Bertz CT molecular complexity index is 425. The van der Waals surface area contributed by atoms with Crippen molar-refractivity contribution in [3.63, 3.8) is 0 Å². The number of imidazole rings is 1. The molecule has 1 atom stereocenters. The van der Waals surface area contributed by atoms with Crippen LogP contribution in [0.3, 0.4) is 0 Å². The molecule has 0 aliphatic heterocycles. The molecule has 1 aromatic rings. The normalized spacial score (nSPS) is 13.9. The maximum absolute atomic E-state index is 11.2. The molecule has 1 heterocycles. The molecule has 0 aliphatic rings. The first kappa shape index (κ1) is 13.2. The average molecular weight is 245 g/mol. The number of aromatic nitrogens is 2. The van der Waals surface area contributed by atoms with Crippen LogP contribution in [0.5, 0.6) is 0 Å². The number of rotatable bonds is 6. The maximum Gasteiger partial charge on any atom is 0.149 e. The Labute approximate surface area is 96.8 Å². The lowest BCUT2D eigenvalue weighted by atomic mass is 10.3. The Balaban J connectivity index is 2.75. The van der Waals surface area contributed by atoms with Crippen molar-refractivity contribution in [2.24, 2.45) is 0 Å². The smallest absolute Gasteiger partial charge is 0.149 e. The molecule has 1 unspecified atom stereocenters. The van der Waals surface area contributed by atoms with Gasteiger partial charge in [-0.1, -0.05) is 6.92 Å². The summed E-state index contributed by atoms with van der Waals surface area (Å²) >= 11 is 0. The summed E-state index contributed by atoms with van der Waals surface area (Å²) in [7, 11) is -2.96. The summed E-state index contributed by atoms with van der Waals surface area (Å²) in [6.45, 7) is 5.51. The highest BCUT2D eigenvalue weighted by Gasteiger charge is 2.14. The van der Waals surface area contributed by atoms with Crippen LogP contribution in [0.25, 0.3) is 0 Å². The van der Waals surface area contributed by atoms with Crippen LogP contribution < -0.4 is 5.32 Å². The van der Waals surface area contributed by atoms with E-state index < -0.39 is 9.84 Å². The SMILES string of the molecule is CCNCc1cncn1C(C)CS(C)(=O)=O. The Morgan fingerprint density at radius 3 is 2.81 bits per heavy atom. The van der Waals surface area contributed by atoms with Gasteiger partial charge < -0.3 is 9.88 Å². The van der Waals surface area contributed by atoms with Gasteiger partial charge in [-0.2, -0.15) is 0 Å². The first-order valence-electron chi connectivity index (χ1n) is 5.33. The standard InChI is InChI=1S/C10H19N3O2S/c1-4-11-5-10-6-12-8-13(10)9(2)7-16(3,14)15/h6,8-9,11H,4-5,7H2,1-3H3. The molecule has 6 heteroatoms. The fraction of sp³-hybridized carbons (Fsp3) is 0.700. The van der Waals surface area contributed by atoms with Crippen molar-refractivity contribution in [2.75, 3.05) is 18.6 Å². The third kappa shape index (κ3) is 3.94. The van der Waals surface area contributed by atoms with E-state index >= 15 is 0 Å². The molecular weight excluding hydrogens is 226 g/mol. The Kier molecular flexibility index (Phi) is 4.49. The number of sulfone groups is 1. The summed E-state index contributed by atoms with van der Waals surface area (Å²) in [4.78, 5) is 4.05. The van der Waals surface area contributed by atoms with Crippen molar-refractivity contribution in [1.29, 1.82) is 0 Å². The van der Waals surface area contributed by atoms with Crippen LogP contribution in [0.15, 0.2) is 12.5 Å². The third-order valence-corrected chi connectivity index (χ3v) is 3.41. The minimum Gasteiger partial charge on any atom is -0.330 e. The van der Waals surface area contributed by atoms with Gasteiger partial charge in [0.2, 0.25) is 0 Å². The molecule has 0 spiro atoms. The van der Waals surface area contributed by atoms with Crippen molar-refractivity contribution in [2.45, 2.75) is 26.4 Å². The van der Waals surface area contributed by atoms with E-state index in [9.17, 15) is 8.42 Å². The molecule has 92 valence electrons. The fourth-order valence-corrected chi connectivity index (χ4v) is 2.67. The minimum absolute atomic E-state index is 0.0776. The average Bonchev–Trinajstić information content (AvgIpc) is 2.59. The molecule has 5 nitrogen and oxygen atoms in total. The maximum atomic E-state index is 11.2. The van der Waals surface area contributed by atoms with Crippen LogP contribution in [-0.2, 0) is 16.4 Å². The first-order chi connectivity index (χ1) is 7.44. The molecule has 0 radical (unpaired) electrons. The fourth-order valence-electron chi connectivity index (χ4n) is 1.64. The molecular formula is C10H19N3O2S. The lowest BCUT2D eigenvalue weighted by Gasteiger charge is -2.15. The summed E-state index contributed by atoms with van der Waals surface area (Å²) in [5.41, 5.74) is 1.01. The van der Waals surface area contributed by atoms with Crippen molar-refractivity contribution < 1.29 is 8.42 Å². The summed E-state index contributed by atoms with van der Waals surface area (Å²) < 4.78 is 24.3. The van der Waals surface area contributed by atoms with Gasteiger partial charge in [0.25, 0.3) is 0 Å². The quantitative estimate of drug-likeness (QED) is 0.797. The predicted molar refractivity (Wildman–Crippen MR) is 64.0 cm³/mol. The molecule has 1 rings (SSSR count). The lowest BCUT2D eigenvalue weighted by Crippen LogP contribution is -2.21. The van der Waals surface area contributed by atoms with Gasteiger partial charge in [0.1, 0.15) is 9.84 Å². The summed E-state index contributed by atoms with van der Waals surface area (Å²) in [6.07, 6.45) is 4.70. The lowest BCUT2D eigenvalue weighted by molar-refractivity contribution is 0.538. The zero-order valence-corrected chi connectivity index (χ0v) is 10.8. The topological polar surface area (TPSA) is 64.0 Å². The van der Waals surface area contributed by atoms with Crippen LogP contribution in [0.2, 0.25) is 0 Å². The molecule has 0 saturated carbocycles. The highest BCUT2D eigenvalue weighted by Crippen LogP contribution is 2.11. The third-order valence-electron chi connectivity index (χ3n) is 2.32. The molecule has 0 fully saturated rings. The summed E-state index contributed by atoms with van der Waals surface area (Å²) in [6, 6.07) is -0.0776. The number of nitrogens with zero attached hydrogens (tertiary/aromatic N) is 2. The molecule has 0 amide bonds. The van der Waals surface area contributed by atoms with E-state index in [0.29, 0.717) is 6.54 Å². The van der Waals surface area contributed by atoms with E-state index in [2.05, 4.69) is 10.3 Å². The molecule has 0 saturated heterocycles. The molecule has 1 aromatic heterocycles. The molecule has 1 N–H and O–H groups in total. The van der Waals surface area contributed by atoms with E-state index in [-0.39, 0.29) is 11.8 Å². The number of nitrogens with one attached hydrogen (secondary N) is 1. The van der Waals surface area contributed by atoms with E-state index in [1.54, 1.807) is 12.5 Å². The van der Waals surface area contributed by atoms with E-state index in [1.165, 1.54) is 6.26 Å². The van der Waals surface area contributed by atoms with Crippen LogP contribution in [-0.4, -0.2) is 36.5 Å².